The van der Waals surface area contributed by atoms with Crippen molar-refractivity contribution >= 4 is 23.0 Å². The van der Waals surface area contributed by atoms with E-state index >= 15 is 0 Å². The minimum atomic E-state index is -0.882. The number of carbonyl (C=O) groups is 1. The Hall–Kier alpha value is -2.50. The zero-order valence-corrected chi connectivity index (χ0v) is 14.2. The summed E-state index contributed by atoms with van der Waals surface area (Å²) >= 11 is 0. The summed E-state index contributed by atoms with van der Waals surface area (Å²) in [5.74, 6) is 0.141. The summed E-state index contributed by atoms with van der Waals surface area (Å²) in [4.78, 5) is 34.2. The van der Waals surface area contributed by atoms with E-state index in [4.69, 9.17) is 9.84 Å². The van der Waals surface area contributed by atoms with Crippen LogP contribution in [0.4, 0.5) is 10.6 Å². The van der Waals surface area contributed by atoms with Gasteiger partial charge in [0.25, 0.3) is 0 Å². The number of hydrogen-bond acceptors (Lipinski definition) is 7. The quantitative estimate of drug-likeness (QED) is 0.499. The molecule has 1 saturated heterocycles. The summed E-state index contributed by atoms with van der Waals surface area (Å²) in [6.07, 6.45) is -1.08. The third kappa shape index (κ3) is 3.62. The Morgan fingerprint density at radius 3 is 2.80 bits per heavy atom. The van der Waals surface area contributed by atoms with Gasteiger partial charge in [-0.05, 0) is 0 Å². The highest BCUT2D eigenvalue weighted by Gasteiger charge is 2.36. The summed E-state index contributed by atoms with van der Waals surface area (Å²) in [6.45, 7) is 3.65. The summed E-state index contributed by atoms with van der Waals surface area (Å²) in [5.41, 5.74) is -0.0462. The summed E-state index contributed by atoms with van der Waals surface area (Å²) < 4.78 is 6.71. The number of aliphatic hydroxyl groups is 2. The minimum absolute atomic E-state index is 0.139. The van der Waals surface area contributed by atoms with E-state index in [2.05, 4.69) is 25.6 Å². The summed E-state index contributed by atoms with van der Waals surface area (Å²) in [6, 6.07) is -0.494. The normalized spacial score (nSPS) is 22.4. The van der Waals surface area contributed by atoms with Crippen molar-refractivity contribution in [3.8, 4) is 0 Å². The number of hydrogen-bond donors (Lipinski definition) is 5. The first-order valence-corrected chi connectivity index (χ1v) is 7.93. The summed E-state index contributed by atoms with van der Waals surface area (Å²) in [5, 5.41) is 23.8. The van der Waals surface area contributed by atoms with Gasteiger partial charge in [-0.1, -0.05) is 13.8 Å². The molecule has 138 valence electrons. The minimum Gasteiger partial charge on any atom is -0.394 e. The molecular weight excluding hydrogens is 332 g/mol. The van der Waals surface area contributed by atoms with Crippen LogP contribution in [-0.4, -0.2) is 61.6 Å². The molecule has 1 aliphatic heterocycles. The van der Waals surface area contributed by atoms with Gasteiger partial charge in [0.05, 0.1) is 12.7 Å². The van der Waals surface area contributed by atoms with Crippen molar-refractivity contribution in [2.24, 2.45) is 0 Å². The molecule has 1 aliphatic rings. The molecule has 3 atom stereocenters. The molecule has 5 N–H and O–H groups in total. The maximum Gasteiger partial charge on any atom is 0.329 e. The van der Waals surface area contributed by atoms with Crippen LogP contribution in [0.1, 0.15) is 26.5 Å². The van der Waals surface area contributed by atoms with Gasteiger partial charge in [0.15, 0.2) is 11.5 Å². The fraction of sp³-hybridized carbons (Fsp3) is 0.571. The molecule has 0 bridgehead atoms. The lowest BCUT2D eigenvalue weighted by Gasteiger charge is -2.13. The molecule has 3 heterocycles. The van der Waals surface area contributed by atoms with Crippen LogP contribution in [0.2, 0.25) is 0 Å². The average Bonchev–Trinajstić information content (AvgIpc) is 3.15. The highest BCUT2D eigenvalue weighted by Crippen LogP contribution is 2.30. The number of imidazole rings is 1. The molecule has 2 aromatic rings. The van der Waals surface area contributed by atoms with Crippen LogP contribution in [-0.2, 0) is 4.74 Å². The number of aromatic nitrogens is 4. The second-order valence-corrected chi connectivity index (χ2v) is 5.04. The number of aliphatic hydroxyl groups excluding tert-OH is 2. The molecule has 11 heteroatoms. The number of amides is 2. The second-order valence-electron chi connectivity index (χ2n) is 5.04. The molecule has 1 fully saturated rings. The number of fused-ring (bicyclic) bond motifs is 1. The van der Waals surface area contributed by atoms with Gasteiger partial charge in [0.2, 0.25) is 0 Å². The Balaban J connectivity index is 0.00000109. The molecule has 0 saturated carbocycles. The number of rotatable bonds is 3. The van der Waals surface area contributed by atoms with Crippen LogP contribution >= 0.6 is 0 Å². The molecule has 3 rings (SSSR count). The van der Waals surface area contributed by atoms with Crippen molar-refractivity contribution in [2.75, 3.05) is 19.0 Å². The number of anilines is 1. The van der Waals surface area contributed by atoms with Gasteiger partial charge in [-0.15, -0.1) is 0 Å². The number of ether oxygens (including phenoxy) is 1. The second kappa shape index (κ2) is 8.05. The van der Waals surface area contributed by atoms with Crippen LogP contribution in [0, 0.1) is 0 Å². The maximum atomic E-state index is 12.2. The van der Waals surface area contributed by atoms with Gasteiger partial charge in [0, 0.05) is 13.5 Å². The zero-order chi connectivity index (χ0) is 18.6. The topological polar surface area (TPSA) is 154 Å². The first-order valence-electron chi connectivity index (χ1n) is 7.93. The SMILES string of the molecule is CC.CNC(=O)Nc1ncnc2c1[nH]c(=O)n2C1CC(O)C(CO)O1. The highest BCUT2D eigenvalue weighted by molar-refractivity contribution is 5.95. The fourth-order valence-corrected chi connectivity index (χ4v) is 2.51. The molecule has 2 aromatic heterocycles. The first kappa shape index (κ1) is 18.8. The number of carbonyl (C=O) groups excluding carboxylic acids is 1. The van der Waals surface area contributed by atoms with Crippen molar-refractivity contribution in [1.82, 2.24) is 24.8 Å². The van der Waals surface area contributed by atoms with E-state index in [1.807, 2.05) is 13.8 Å². The van der Waals surface area contributed by atoms with Crippen molar-refractivity contribution in [3.05, 3.63) is 16.8 Å². The van der Waals surface area contributed by atoms with Gasteiger partial charge in [0.1, 0.15) is 24.2 Å². The highest BCUT2D eigenvalue weighted by atomic mass is 16.5. The Morgan fingerprint density at radius 2 is 2.20 bits per heavy atom. The van der Waals surface area contributed by atoms with Gasteiger partial charge >= 0.3 is 11.7 Å². The zero-order valence-electron chi connectivity index (χ0n) is 14.2. The van der Waals surface area contributed by atoms with E-state index in [1.165, 1.54) is 17.9 Å². The number of H-pyrrole nitrogens is 1. The lowest BCUT2D eigenvalue weighted by atomic mass is 10.2. The van der Waals surface area contributed by atoms with Crippen molar-refractivity contribution in [1.29, 1.82) is 0 Å². The van der Waals surface area contributed by atoms with Gasteiger partial charge in [-0.3, -0.25) is 5.32 Å². The standard InChI is InChI=1S/C12H16N6O5.C2H6/c1-13-11(21)17-9-8-10(15-4-14-9)18(12(22)16-8)7-2-5(20)6(3-19)23-7;1-2/h4-7,19-20H,2-3H2,1H3,(H,16,22)(H2,13,14,15,17,21);1-2H3. The molecule has 11 nitrogen and oxygen atoms in total. The largest absolute Gasteiger partial charge is 0.394 e. The van der Waals surface area contributed by atoms with Gasteiger partial charge in [-0.25, -0.2) is 24.1 Å². The third-order valence-electron chi connectivity index (χ3n) is 3.64. The molecule has 0 aliphatic carbocycles. The van der Waals surface area contributed by atoms with Crippen LogP contribution < -0.4 is 16.3 Å². The molecular formula is C14H22N6O5. The van der Waals surface area contributed by atoms with E-state index in [0.717, 1.165) is 0 Å². The fourth-order valence-electron chi connectivity index (χ4n) is 2.51. The van der Waals surface area contributed by atoms with E-state index in [-0.39, 0.29) is 30.0 Å². The van der Waals surface area contributed by atoms with E-state index < -0.39 is 30.2 Å². The average molecular weight is 354 g/mol. The van der Waals surface area contributed by atoms with Crippen LogP contribution in [0.25, 0.3) is 11.2 Å². The van der Waals surface area contributed by atoms with Crippen LogP contribution in [0.3, 0.4) is 0 Å². The van der Waals surface area contributed by atoms with Gasteiger partial charge < -0.3 is 25.3 Å². The number of nitrogens with one attached hydrogen (secondary N) is 3. The Kier molecular flexibility index (Phi) is 6.07. The predicted molar refractivity (Wildman–Crippen MR) is 89.2 cm³/mol. The molecule has 2 amide bonds. The lowest BCUT2D eigenvalue weighted by Crippen LogP contribution is -2.25. The van der Waals surface area contributed by atoms with Crippen LogP contribution in [0.5, 0.6) is 0 Å². The van der Waals surface area contributed by atoms with E-state index in [0.29, 0.717) is 0 Å². The third-order valence-corrected chi connectivity index (χ3v) is 3.64. The van der Waals surface area contributed by atoms with E-state index in [1.54, 1.807) is 0 Å². The Labute approximate surface area is 143 Å². The Morgan fingerprint density at radius 1 is 1.48 bits per heavy atom. The van der Waals surface area contributed by atoms with Crippen molar-refractivity contribution < 1.29 is 19.7 Å². The molecule has 0 radical (unpaired) electrons. The monoisotopic (exact) mass is 354 g/mol. The lowest BCUT2D eigenvalue weighted by molar-refractivity contribution is -0.0441. The summed E-state index contributed by atoms with van der Waals surface area (Å²) in [7, 11) is 1.45. The maximum absolute atomic E-state index is 12.2. The molecule has 25 heavy (non-hydrogen) atoms. The first-order chi connectivity index (χ1) is 12.0. The molecule has 0 aromatic carbocycles. The van der Waals surface area contributed by atoms with E-state index in [9.17, 15) is 14.7 Å². The van der Waals surface area contributed by atoms with Gasteiger partial charge in [-0.2, -0.15) is 0 Å². The molecule has 0 spiro atoms. The predicted octanol–water partition coefficient (Wildman–Crippen LogP) is -0.462. The number of urea groups is 1. The number of nitrogens with zero attached hydrogens (tertiary/aromatic N) is 3. The number of aromatic amines is 1. The van der Waals surface area contributed by atoms with Crippen molar-refractivity contribution in [3.63, 3.8) is 0 Å². The van der Waals surface area contributed by atoms with Crippen LogP contribution in [0.15, 0.2) is 11.1 Å². The Bertz CT molecular complexity index is 788. The van der Waals surface area contributed by atoms with Crippen molar-refractivity contribution in [2.45, 2.75) is 38.7 Å². The molecule has 3 unspecified atom stereocenters. The smallest absolute Gasteiger partial charge is 0.329 e.